The van der Waals surface area contributed by atoms with Crippen molar-refractivity contribution in [1.29, 1.82) is 0 Å². The molecular weight excluding hydrogens is 377 g/mol. The molecule has 0 saturated carbocycles. The summed E-state index contributed by atoms with van der Waals surface area (Å²) >= 11 is 5.71. The molecule has 0 spiro atoms. The monoisotopic (exact) mass is 390 g/mol. The van der Waals surface area contributed by atoms with Crippen LogP contribution in [0.2, 0.25) is 5.02 Å². The van der Waals surface area contributed by atoms with Crippen molar-refractivity contribution in [3.05, 3.63) is 70.3 Å². The van der Waals surface area contributed by atoms with Crippen LogP contribution in [0, 0.1) is 0 Å². The molecular formula is C17H14ClF3O3S. The molecule has 1 atom stereocenters. The van der Waals surface area contributed by atoms with Gasteiger partial charge in [0.25, 0.3) is 10.1 Å². The highest BCUT2D eigenvalue weighted by Crippen LogP contribution is 2.44. The van der Waals surface area contributed by atoms with Crippen LogP contribution < -0.4 is 0 Å². The van der Waals surface area contributed by atoms with E-state index >= 15 is 0 Å². The molecule has 0 bridgehead atoms. The van der Waals surface area contributed by atoms with Gasteiger partial charge in [0.05, 0.1) is 15.5 Å². The maximum Gasteiger partial charge on any atom is 0.418 e. The van der Waals surface area contributed by atoms with E-state index in [2.05, 4.69) is 6.58 Å². The van der Waals surface area contributed by atoms with Crippen molar-refractivity contribution in [2.24, 2.45) is 0 Å². The molecule has 0 saturated heterocycles. The first-order valence-electron chi connectivity index (χ1n) is 7.06. The number of hydrogen-bond donors (Lipinski definition) is 1. The van der Waals surface area contributed by atoms with Crippen LogP contribution in [0.4, 0.5) is 13.2 Å². The Morgan fingerprint density at radius 3 is 2.40 bits per heavy atom. The maximum absolute atomic E-state index is 13.5. The molecule has 1 unspecified atom stereocenters. The summed E-state index contributed by atoms with van der Waals surface area (Å²) < 4.78 is 73.2. The van der Waals surface area contributed by atoms with Crippen molar-refractivity contribution in [3.8, 4) is 0 Å². The molecule has 134 valence electrons. The van der Waals surface area contributed by atoms with Crippen molar-refractivity contribution >= 4 is 27.8 Å². The van der Waals surface area contributed by atoms with Crippen molar-refractivity contribution in [2.75, 3.05) is 0 Å². The van der Waals surface area contributed by atoms with Crippen molar-refractivity contribution in [3.63, 3.8) is 0 Å². The molecule has 0 aromatic heterocycles. The summed E-state index contributed by atoms with van der Waals surface area (Å²) in [5, 5.41) is -0.637. The Kier molecular flexibility index (Phi) is 5.32. The number of alkyl halides is 3. The molecule has 0 fully saturated rings. The van der Waals surface area contributed by atoms with E-state index < -0.39 is 43.3 Å². The molecule has 8 heteroatoms. The highest BCUT2D eigenvalue weighted by Gasteiger charge is 2.40. The normalized spacial score (nSPS) is 13.5. The first kappa shape index (κ1) is 19.5. The zero-order valence-electron chi connectivity index (χ0n) is 13.0. The van der Waals surface area contributed by atoms with Gasteiger partial charge in [-0.1, -0.05) is 55.4 Å². The Bertz CT molecular complexity index is 921. The largest absolute Gasteiger partial charge is 0.418 e. The summed E-state index contributed by atoms with van der Waals surface area (Å²) in [4.78, 5) is -0.819. The summed E-state index contributed by atoms with van der Waals surface area (Å²) in [6, 6.07) is 8.16. The number of rotatable bonds is 4. The van der Waals surface area contributed by atoms with E-state index in [9.17, 15) is 26.1 Å². The molecule has 3 nitrogen and oxygen atoms in total. The fraction of sp³-hybridized carbons (Fsp3) is 0.176. The summed E-state index contributed by atoms with van der Waals surface area (Å²) in [6.07, 6.45) is -3.38. The Morgan fingerprint density at radius 2 is 1.88 bits per heavy atom. The quantitative estimate of drug-likeness (QED) is 0.711. The molecule has 0 aliphatic heterocycles. The van der Waals surface area contributed by atoms with Crippen LogP contribution in [-0.2, 0) is 16.3 Å². The van der Waals surface area contributed by atoms with Gasteiger partial charge >= 0.3 is 6.18 Å². The Morgan fingerprint density at radius 1 is 1.24 bits per heavy atom. The molecule has 1 N–H and O–H groups in total. The lowest BCUT2D eigenvalue weighted by Crippen LogP contribution is -2.17. The Hall–Kier alpha value is -1.83. The zero-order valence-corrected chi connectivity index (χ0v) is 14.6. The molecule has 0 amide bonds. The summed E-state index contributed by atoms with van der Waals surface area (Å²) in [5.74, 6) is -0.993. The van der Waals surface area contributed by atoms with Gasteiger partial charge in [0.2, 0.25) is 0 Å². The fourth-order valence-electron chi connectivity index (χ4n) is 2.64. The van der Waals surface area contributed by atoms with E-state index in [0.717, 1.165) is 12.1 Å². The third-order valence-corrected chi connectivity index (χ3v) is 5.02. The van der Waals surface area contributed by atoms with E-state index in [1.165, 1.54) is 13.0 Å². The minimum Gasteiger partial charge on any atom is -0.282 e. The molecule has 0 aliphatic rings. The topological polar surface area (TPSA) is 54.4 Å². The molecule has 25 heavy (non-hydrogen) atoms. The second kappa shape index (κ2) is 6.82. The molecule has 2 aromatic rings. The third-order valence-electron chi connectivity index (χ3n) is 3.80. The van der Waals surface area contributed by atoms with Gasteiger partial charge in [0.1, 0.15) is 0 Å². The average Bonchev–Trinajstić information content (AvgIpc) is 2.51. The van der Waals surface area contributed by atoms with E-state index in [0.29, 0.717) is 11.1 Å². The van der Waals surface area contributed by atoms with E-state index in [4.69, 9.17) is 11.6 Å². The molecule has 0 heterocycles. The van der Waals surface area contributed by atoms with Gasteiger partial charge in [-0.25, -0.2) is 0 Å². The van der Waals surface area contributed by atoms with Crippen LogP contribution in [0.15, 0.2) is 47.9 Å². The van der Waals surface area contributed by atoms with Crippen molar-refractivity contribution in [2.45, 2.75) is 23.9 Å². The average molecular weight is 391 g/mol. The first-order valence-corrected chi connectivity index (χ1v) is 8.88. The van der Waals surface area contributed by atoms with Crippen LogP contribution in [-0.4, -0.2) is 13.0 Å². The predicted molar refractivity (Wildman–Crippen MR) is 90.3 cm³/mol. The van der Waals surface area contributed by atoms with E-state index in [-0.39, 0.29) is 0 Å². The number of halogens is 4. The van der Waals surface area contributed by atoms with Gasteiger partial charge < -0.3 is 0 Å². The van der Waals surface area contributed by atoms with Crippen LogP contribution >= 0.6 is 11.6 Å². The maximum atomic E-state index is 13.5. The van der Waals surface area contributed by atoms with Crippen molar-refractivity contribution in [1.82, 2.24) is 0 Å². The minimum atomic E-state index is -4.89. The summed E-state index contributed by atoms with van der Waals surface area (Å²) in [7, 11) is -4.88. The standard InChI is InChI=1S/C17H14ClF3O3S/c1-3-11-5-4-6-12(9-11)10(2)15-14(25(22,23)24)8-7-13(18)16(15)17(19,20)21/h3-10H,1H2,2H3,(H,22,23,24). The van der Waals surface area contributed by atoms with Crippen molar-refractivity contribution < 1.29 is 26.1 Å². The predicted octanol–water partition coefficient (Wildman–Crippen LogP) is 5.40. The molecule has 0 radical (unpaired) electrons. The number of hydrogen-bond acceptors (Lipinski definition) is 2. The molecule has 0 aliphatic carbocycles. The second-order valence-corrected chi connectivity index (χ2v) is 7.20. The fourth-order valence-corrected chi connectivity index (χ4v) is 3.71. The minimum absolute atomic E-state index is 0.426. The zero-order chi connectivity index (χ0) is 19.0. The Balaban J connectivity index is 2.85. The SMILES string of the molecule is C=Cc1cccc(C(C)c2c(S(=O)(=O)O)ccc(Cl)c2C(F)(F)F)c1. The summed E-state index contributed by atoms with van der Waals surface area (Å²) in [5.41, 5.74) is -0.784. The van der Waals surface area contributed by atoms with Gasteiger partial charge in [-0.3, -0.25) is 4.55 Å². The Labute approximate surface area is 148 Å². The van der Waals surface area contributed by atoms with Gasteiger partial charge in [0, 0.05) is 5.92 Å². The summed E-state index contributed by atoms with van der Waals surface area (Å²) in [6.45, 7) is 5.01. The smallest absolute Gasteiger partial charge is 0.282 e. The lowest BCUT2D eigenvalue weighted by molar-refractivity contribution is -0.138. The van der Waals surface area contributed by atoms with Gasteiger partial charge in [-0.15, -0.1) is 0 Å². The lowest BCUT2D eigenvalue weighted by Gasteiger charge is -2.22. The lowest BCUT2D eigenvalue weighted by atomic mass is 9.88. The molecule has 2 aromatic carbocycles. The van der Waals surface area contributed by atoms with Crippen LogP contribution in [0.25, 0.3) is 6.08 Å². The van der Waals surface area contributed by atoms with Crippen LogP contribution in [0.1, 0.15) is 35.1 Å². The van der Waals surface area contributed by atoms with E-state index in [1.807, 2.05) is 0 Å². The van der Waals surface area contributed by atoms with Gasteiger partial charge in [0.15, 0.2) is 0 Å². The van der Waals surface area contributed by atoms with E-state index in [1.54, 1.807) is 24.3 Å². The third kappa shape index (κ3) is 4.05. The van der Waals surface area contributed by atoms with Crippen LogP contribution in [0.5, 0.6) is 0 Å². The van der Waals surface area contributed by atoms with Crippen LogP contribution in [0.3, 0.4) is 0 Å². The number of benzene rings is 2. The van der Waals surface area contributed by atoms with Gasteiger partial charge in [-0.2, -0.15) is 21.6 Å². The highest BCUT2D eigenvalue weighted by molar-refractivity contribution is 7.85. The second-order valence-electron chi connectivity index (χ2n) is 5.40. The highest BCUT2D eigenvalue weighted by atomic mass is 35.5. The first-order chi connectivity index (χ1) is 11.5. The van der Waals surface area contributed by atoms with Gasteiger partial charge in [-0.05, 0) is 28.8 Å². The molecule has 2 rings (SSSR count).